The number of rotatable bonds is 7. The van der Waals surface area contributed by atoms with Gasteiger partial charge in [-0.1, -0.05) is 32.1 Å². The maximum Gasteiger partial charge on any atom is 0.303 e. The van der Waals surface area contributed by atoms with Crippen molar-refractivity contribution in [3.63, 3.8) is 0 Å². The Morgan fingerprint density at radius 1 is 1.21 bits per heavy atom. The van der Waals surface area contributed by atoms with Gasteiger partial charge in [0.1, 0.15) is 5.82 Å². The molecule has 1 fully saturated rings. The molecule has 1 aliphatic carbocycles. The maximum absolute atomic E-state index is 13.5. The molecule has 1 unspecified atom stereocenters. The van der Waals surface area contributed by atoms with Gasteiger partial charge in [-0.25, -0.2) is 4.39 Å². The van der Waals surface area contributed by atoms with Crippen molar-refractivity contribution in [1.82, 2.24) is 10.3 Å². The zero-order valence-corrected chi connectivity index (χ0v) is 15.7. The number of halogens is 1. The number of carbonyl (C=O) groups is 2. The van der Waals surface area contributed by atoms with Crippen molar-refractivity contribution in [3.8, 4) is 0 Å². The number of fused-ring (bicyclic) bond motifs is 1. The number of carbonyl (C=O) groups excluding carboxylic acids is 1. The summed E-state index contributed by atoms with van der Waals surface area (Å²) in [5.74, 6) is -1.37. The number of amides is 1. The fourth-order valence-corrected chi connectivity index (χ4v) is 4.06. The molecule has 150 valence electrons. The van der Waals surface area contributed by atoms with Crippen molar-refractivity contribution in [2.45, 2.75) is 57.4 Å². The fourth-order valence-electron chi connectivity index (χ4n) is 4.06. The van der Waals surface area contributed by atoms with E-state index < -0.39 is 23.3 Å². The van der Waals surface area contributed by atoms with Crippen LogP contribution in [0.4, 0.5) is 4.39 Å². The summed E-state index contributed by atoms with van der Waals surface area (Å²) in [4.78, 5) is 38.3. The summed E-state index contributed by atoms with van der Waals surface area (Å²) in [7, 11) is 0. The summed E-state index contributed by atoms with van der Waals surface area (Å²) in [6.07, 6.45) is 6.77. The molecule has 1 amide bonds. The lowest BCUT2D eigenvalue weighted by Crippen LogP contribution is -2.37. The molecule has 2 aromatic rings. The molecule has 0 saturated heterocycles. The maximum atomic E-state index is 13.5. The van der Waals surface area contributed by atoms with Gasteiger partial charge >= 0.3 is 5.97 Å². The first-order valence-corrected chi connectivity index (χ1v) is 9.77. The Balaban J connectivity index is 1.81. The second-order valence-electron chi connectivity index (χ2n) is 7.58. The Kier molecular flexibility index (Phi) is 6.44. The number of H-pyrrole nitrogens is 1. The fraction of sp³-hybridized carbons (Fsp3) is 0.476. The summed E-state index contributed by atoms with van der Waals surface area (Å²) >= 11 is 0. The minimum absolute atomic E-state index is 0.0288. The predicted molar refractivity (Wildman–Crippen MR) is 104 cm³/mol. The van der Waals surface area contributed by atoms with Crippen LogP contribution in [0.5, 0.6) is 0 Å². The predicted octanol–water partition coefficient (Wildman–Crippen LogP) is 3.60. The van der Waals surface area contributed by atoms with Crippen molar-refractivity contribution in [3.05, 3.63) is 46.0 Å². The molecule has 1 saturated carbocycles. The minimum Gasteiger partial charge on any atom is -0.481 e. The third-order valence-electron chi connectivity index (χ3n) is 5.43. The molecule has 0 radical (unpaired) electrons. The van der Waals surface area contributed by atoms with Crippen LogP contribution in [0.1, 0.15) is 61.7 Å². The highest BCUT2D eigenvalue weighted by atomic mass is 19.1. The van der Waals surface area contributed by atoms with E-state index in [4.69, 9.17) is 5.11 Å². The highest BCUT2D eigenvalue weighted by molar-refractivity contribution is 6.06. The van der Waals surface area contributed by atoms with Crippen molar-refractivity contribution >= 4 is 22.8 Å². The SMILES string of the molecule is O=C(O)CCC(CC1CCCCC1)NC(=O)c1cc(=O)[nH]c2cc(F)ccc12. The van der Waals surface area contributed by atoms with Gasteiger partial charge < -0.3 is 15.4 Å². The molecule has 28 heavy (non-hydrogen) atoms. The third-order valence-corrected chi connectivity index (χ3v) is 5.43. The highest BCUT2D eigenvalue weighted by Crippen LogP contribution is 2.28. The number of hydrogen-bond donors (Lipinski definition) is 3. The normalized spacial score (nSPS) is 16.0. The Labute approximate surface area is 162 Å². The van der Waals surface area contributed by atoms with Crippen LogP contribution in [0.25, 0.3) is 10.9 Å². The topological polar surface area (TPSA) is 99.3 Å². The van der Waals surface area contributed by atoms with E-state index in [1.807, 2.05) is 0 Å². The number of nitrogens with one attached hydrogen (secondary N) is 2. The average Bonchev–Trinajstić information content (AvgIpc) is 2.65. The van der Waals surface area contributed by atoms with E-state index in [0.717, 1.165) is 32.1 Å². The van der Waals surface area contributed by atoms with Gasteiger partial charge in [-0.05, 0) is 37.0 Å². The van der Waals surface area contributed by atoms with Crippen LogP contribution in [0, 0.1) is 11.7 Å². The van der Waals surface area contributed by atoms with Gasteiger partial charge in [-0.15, -0.1) is 0 Å². The second-order valence-corrected chi connectivity index (χ2v) is 7.58. The summed E-state index contributed by atoms with van der Waals surface area (Å²) in [6, 6.07) is 4.80. The van der Waals surface area contributed by atoms with Gasteiger partial charge in [0.2, 0.25) is 5.56 Å². The monoisotopic (exact) mass is 388 g/mol. The molecule has 1 aliphatic rings. The van der Waals surface area contributed by atoms with Crippen LogP contribution in [0.3, 0.4) is 0 Å². The van der Waals surface area contributed by atoms with E-state index in [2.05, 4.69) is 10.3 Å². The molecule has 1 atom stereocenters. The molecule has 7 heteroatoms. The Morgan fingerprint density at radius 3 is 2.68 bits per heavy atom. The first kappa shape index (κ1) is 20.0. The summed E-state index contributed by atoms with van der Waals surface area (Å²) in [5, 5.41) is 12.4. The molecule has 0 spiro atoms. The number of hydrogen-bond acceptors (Lipinski definition) is 3. The number of carboxylic acids is 1. The molecule has 3 rings (SSSR count). The van der Waals surface area contributed by atoms with E-state index in [1.54, 1.807) is 0 Å². The quantitative estimate of drug-likeness (QED) is 0.675. The lowest BCUT2D eigenvalue weighted by atomic mass is 9.84. The number of aromatic amines is 1. The molecule has 1 aromatic carbocycles. The molecule has 0 aliphatic heterocycles. The van der Waals surface area contributed by atoms with Gasteiger partial charge in [0.05, 0.1) is 11.1 Å². The average molecular weight is 388 g/mol. The largest absolute Gasteiger partial charge is 0.481 e. The zero-order chi connectivity index (χ0) is 20.1. The number of carboxylic acid groups (broad SMARTS) is 1. The van der Waals surface area contributed by atoms with E-state index in [-0.39, 0.29) is 23.5 Å². The number of aromatic nitrogens is 1. The number of pyridine rings is 1. The molecule has 6 nitrogen and oxygen atoms in total. The first-order valence-electron chi connectivity index (χ1n) is 9.77. The highest BCUT2D eigenvalue weighted by Gasteiger charge is 2.22. The van der Waals surface area contributed by atoms with Crippen molar-refractivity contribution in [2.24, 2.45) is 5.92 Å². The first-order chi connectivity index (χ1) is 13.4. The molecule has 1 heterocycles. The third kappa shape index (κ3) is 5.18. The van der Waals surface area contributed by atoms with Crippen molar-refractivity contribution < 1.29 is 19.1 Å². The smallest absolute Gasteiger partial charge is 0.303 e. The zero-order valence-electron chi connectivity index (χ0n) is 15.7. The van der Waals surface area contributed by atoms with E-state index in [1.165, 1.54) is 30.7 Å². The molecule has 0 bridgehead atoms. The standard InChI is InChI=1S/C21H25FN2O4/c22-14-6-8-16-17(12-19(25)24-18(16)11-14)21(28)23-15(7-9-20(26)27)10-13-4-2-1-3-5-13/h6,8,11-13,15H,1-5,7,9-10H2,(H,23,28)(H,24,25)(H,26,27). The summed E-state index contributed by atoms with van der Waals surface area (Å²) in [5.41, 5.74) is -0.0626. The summed E-state index contributed by atoms with van der Waals surface area (Å²) < 4.78 is 13.5. The Morgan fingerprint density at radius 2 is 1.96 bits per heavy atom. The van der Waals surface area contributed by atoms with Crippen molar-refractivity contribution in [1.29, 1.82) is 0 Å². The lowest BCUT2D eigenvalue weighted by molar-refractivity contribution is -0.137. The molecular formula is C21H25FN2O4. The summed E-state index contributed by atoms with van der Waals surface area (Å²) in [6.45, 7) is 0. The number of aliphatic carboxylic acids is 1. The van der Waals surface area contributed by atoms with Crippen LogP contribution in [0.2, 0.25) is 0 Å². The second kappa shape index (κ2) is 8.99. The van der Waals surface area contributed by atoms with E-state index in [9.17, 15) is 18.8 Å². The Hall–Kier alpha value is -2.70. The van der Waals surface area contributed by atoms with Gasteiger partial charge in [-0.3, -0.25) is 14.4 Å². The van der Waals surface area contributed by atoms with E-state index in [0.29, 0.717) is 17.7 Å². The van der Waals surface area contributed by atoms with Gasteiger partial charge in [0, 0.05) is 23.9 Å². The number of benzene rings is 1. The minimum atomic E-state index is -0.903. The molecular weight excluding hydrogens is 363 g/mol. The van der Waals surface area contributed by atoms with Gasteiger partial charge in [0.15, 0.2) is 0 Å². The van der Waals surface area contributed by atoms with Crippen molar-refractivity contribution in [2.75, 3.05) is 0 Å². The van der Waals surface area contributed by atoms with E-state index >= 15 is 0 Å². The van der Waals surface area contributed by atoms with Crippen LogP contribution in [-0.4, -0.2) is 28.0 Å². The van der Waals surface area contributed by atoms with Gasteiger partial charge in [0.25, 0.3) is 5.91 Å². The molecule has 3 N–H and O–H groups in total. The van der Waals surface area contributed by atoms with Crippen LogP contribution in [0.15, 0.2) is 29.1 Å². The molecule has 1 aromatic heterocycles. The Bertz CT molecular complexity index is 918. The van der Waals surface area contributed by atoms with Gasteiger partial charge in [-0.2, -0.15) is 0 Å². The van der Waals surface area contributed by atoms with Crippen LogP contribution in [-0.2, 0) is 4.79 Å². The van der Waals surface area contributed by atoms with Crippen LogP contribution >= 0.6 is 0 Å². The van der Waals surface area contributed by atoms with Crippen LogP contribution < -0.4 is 10.9 Å². The lowest BCUT2D eigenvalue weighted by Gasteiger charge is -2.27.